The van der Waals surface area contributed by atoms with Crippen LogP contribution in [0.1, 0.15) is 53.1 Å². The molecule has 3 heterocycles. The van der Waals surface area contributed by atoms with Gasteiger partial charge >= 0.3 is 0 Å². The Morgan fingerprint density at radius 1 is 1.25 bits per heavy atom. The molecule has 1 aliphatic heterocycles. The lowest BCUT2D eigenvalue weighted by Gasteiger charge is -2.22. The molecule has 5 nitrogen and oxygen atoms in total. The molecule has 0 spiro atoms. The molecule has 1 fully saturated rings. The molecule has 1 atom stereocenters. The number of benzene rings is 1. The minimum absolute atomic E-state index is 0.111. The zero-order chi connectivity index (χ0) is 19.3. The van der Waals surface area contributed by atoms with Gasteiger partial charge in [0.15, 0.2) is 5.13 Å². The molecule has 1 unspecified atom stereocenters. The molecule has 0 bridgehead atoms. The largest absolute Gasteiger partial charge is 0.298 e. The van der Waals surface area contributed by atoms with Crippen LogP contribution in [0.2, 0.25) is 0 Å². The lowest BCUT2D eigenvalue weighted by atomic mass is 10.1. The maximum Gasteiger partial charge on any atom is 0.257 e. The molecule has 0 aliphatic carbocycles. The van der Waals surface area contributed by atoms with Gasteiger partial charge in [-0.2, -0.15) is 0 Å². The van der Waals surface area contributed by atoms with Crippen molar-refractivity contribution in [1.82, 2.24) is 14.9 Å². The van der Waals surface area contributed by atoms with E-state index in [9.17, 15) is 4.79 Å². The molecule has 0 saturated carbocycles. The lowest BCUT2D eigenvalue weighted by Crippen LogP contribution is -2.23. The number of pyridine rings is 1. The lowest BCUT2D eigenvalue weighted by molar-refractivity contribution is 0.102. The summed E-state index contributed by atoms with van der Waals surface area (Å²) in [4.78, 5) is 24.1. The Morgan fingerprint density at radius 3 is 2.86 bits per heavy atom. The topological polar surface area (TPSA) is 58.1 Å². The third kappa shape index (κ3) is 4.29. The fraction of sp³-hybridized carbons (Fsp3) is 0.318. The predicted molar refractivity (Wildman–Crippen MR) is 113 cm³/mol. The van der Waals surface area contributed by atoms with E-state index in [0.29, 0.717) is 10.7 Å². The highest BCUT2D eigenvalue weighted by Gasteiger charge is 2.28. The van der Waals surface area contributed by atoms with Crippen molar-refractivity contribution >= 4 is 22.4 Å². The average Bonchev–Trinajstić information content (AvgIpc) is 3.38. The van der Waals surface area contributed by atoms with E-state index < -0.39 is 0 Å². The van der Waals surface area contributed by atoms with Crippen LogP contribution in [0.15, 0.2) is 54.0 Å². The van der Waals surface area contributed by atoms with E-state index in [0.717, 1.165) is 43.7 Å². The monoisotopic (exact) mass is 392 g/mol. The van der Waals surface area contributed by atoms with Gasteiger partial charge in [0.25, 0.3) is 5.91 Å². The number of nitrogens with one attached hydrogen (secondary N) is 1. The van der Waals surface area contributed by atoms with Gasteiger partial charge in [-0.3, -0.25) is 20.0 Å². The molecule has 1 N–H and O–H groups in total. The molecule has 4 rings (SSSR count). The third-order valence-electron chi connectivity index (χ3n) is 5.16. The van der Waals surface area contributed by atoms with Gasteiger partial charge in [-0.15, -0.1) is 11.3 Å². The van der Waals surface area contributed by atoms with Crippen molar-refractivity contribution < 1.29 is 4.79 Å². The van der Waals surface area contributed by atoms with Crippen LogP contribution in [-0.2, 0) is 13.0 Å². The molecule has 28 heavy (non-hydrogen) atoms. The van der Waals surface area contributed by atoms with Gasteiger partial charge in [-0.05, 0) is 55.6 Å². The van der Waals surface area contributed by atoms with E-state index in [2.05, 4.69) is 33.6 Å². The van der Waals surface area contributed by atoms with Gasteiger partial charge in [0.1, 0.15) is 0 Å². The van der Waals surface area contributed by atoms with Crippen molar-refractivity contribution in [2.24, 2.45) is 0 Å². The van der Waals surface area contributed by atoms with E-state index >= 15 is 0 Å². The number of amides is 1. The second kappa shape index (κ2) is 8.63. The Morgan fingerprint density at radius 2 is 2.11 bits per heavy atom. The molecule has 1 saturated heterocycles. The first-order chi connectivity index (χ1) is 13.7. The number of rotatable bonds is 6. The molecular formula is C22H24N4OS. The van der Waals surface area contributed by atoms with Gasteiger partial charge < -0.3 is 0 Å². The summed E-state index contributed by atoms with van der Waals surface area (Å²) in [5.41, 5.74) is 4.00. The van der Waals surface area contributed by atoms with E-state index in [-0.39, 0.29) is 11.9 Å². The first-order valence-electron chi connectivity index (χ1n) is 9.72. The second-order valence-corrected chi connectivity index (χ2v) is 7.89. The number of aryl methyl sites for hydroxylation is 1. The number of aromatic nitrogens is 2. The van der Waals surface area contributed by atoms with Crippen molar-refractivity contribution in [1.29, 1.82) is 0 Å². The third-order valence-corrected chi connectivity index (χ3v) is 5.94. The van der Waals surface area contributed by atoms with Gasteiger partial charge in [0.05, 0.1) is 17.4 Å². The Kier molecular flexibility index (Phi) is 5.78. The van der Waals surface area contributed by atoms with Crippen molar-refractivity contribution in [2.45, 2.75) is 38.8 Å². The highest BCUT2D eigenvalue weighted by Crippen LogP contribution is 2.34. The van der Waals surface area contributed by atoms with Gasteiger partial charge in [-0.1, -0.05) is 25.1 Å². The number of hydrogen-bond donors (Lipinski definition) is 1. The molecular weight excluding hydrogens is 368 g/mol. The zero-order valence-corrected chi connectivity index (χ0v) is 16.8. The summed E-state index contributed by atoms with van der Waals surface area (Å²) in [6.07, 6.45) is 5.04. The summed E-state index contributed by atoms with van der Waals surface area (Å²) < 4.78 is 0. The van der Waals surface area contributed by atoms with Crippen LogP contribution in [0, 0.1) is 0 Å². The average molecular weight is 393 g/mol. The summed E-state index contributed by atoms with van der Waals surface area (Å²) in [7, 11) is 0. The van der Waals surface area contributed by atoms with E-state index in [4.69, 9.17) is 4.98 Å². The second-order valence-electron chi connectivity index (χ2n) is 7.03. The van der Waals surface area contributed by atoms with Gasteiger partial charge in [0, 0.05) is 23.7 Å². The maximum atomic E-state index is 12.5. The Labute approximate surface area is 169 Å². The molecule has 0 radical (unpaired) electrons. The summed E-state index contributed by atoms with van der Waals surface area (Å²) in [5, 5.41) is 5.67. The van der Waals surface area contributed by atoms with Crippen molar-refractivity contribution in [3.63, 3.8) is 0 Å². The molecule has 1 amide bonds. The molecule has 6 heteroatoms. The van der Waals surface area contributed by atoms with Gasteiger partial charge in [0.2, 0.25) is 0 Å². The van der Waals surface area contributed by atoms with E-state index in [1.54, 1.807) is 0 Å². The first kappa shape index (κ1) is 18.8. The SMILES string of the molecule is CCc1ccc(C(=O)Nc2nc(C3CCCN3Cc3ccccn3)cs2)cc1. The predicted octanol–water partition coefficient (Wildman–Crippen LogP) is 4.69. The van der Waals surface area contributed by atoms with Crippen LogP contribution in [0.5, 0.6) is 0 Å². The molecule has 2 aromatic heterocycles. The standard InChI is InChI=1S/C22H24N4OS/c1-2-16-8-10-17(11-9-16)21(27)25-22-24-19(15-28-22)20-7-5-13-26(20)14-18-6-3-4-12-23-18/h3-4,6,8-12,15,20H,2,5,7,13-14H2,1H3,(H,24,25,27). The summed E-state index contributed by atoms with van der Waals surface area (Å²) in [6, 6.07) is 14.0. The fourth-order valence-electron chi connectivity index (χ4n) is 3.61. The smallest absolute Gasteiger partial charge is 0.257 e. The maximum absolute atomic E-state index is 12.5. The molecule has 1 aromatic carbocycles. The Balaban J connectivity index is 1.42. The van der Waals surface area contributed by atoms with Crippen LogP contribution in [-0.4, -0.2) is 27.3 Å². The fourth-order valence-corrected chi connectivity index (χ4v) is 4.36. The van der Waals surface area contributed by atoms with Crippen LogP contribution in [0.3, 0.4) is 0 Å². The number of carbonyl (C=O) groups is 1. The van der Waals surface area contributed by atoms with E-state index in [1.807, 2.05) is 42.6 Å². The van der Waals surface area contributed by atoms with Crippen LogP contribution < -0.4 is 5.32 Å². The number of anilines is 1. The van der Waals surface area contributed by atoms with E-state index in [1.165, 1.54) is 16.9 Å². The summed E-state index contributed by atoms with van der Waals surface area (Å²) in [5.74, 6) is -0.111. The highest BCUT2D eigenvalue weighted by atomic mass is 32.1. The Hall–Kier alpha value is -2.57. The highest BCUT2D eigenvalue weighted by molar-refractivity contribution is 7.14. The molecule has 1 aliphatic rings. The van der Waals surface area contributed by atoms with Crippen molar-refractivity contribution in [2.75, 3.05) is 11.9 Å². The van der Waals surface area contributed by atoms with Crippen LogP contribution >= 0.6 is 11.3 Å². The van der Waals surface area contributed by atoms with Gasteiger partial charge in [-0.25, -0.2) is 4.98 Å². The first-order valence-corrected chi connectivity index (χ1v) is 10.6. The normalized spacial score (nSPS) is 17.0. The zero-order valence-electron chi connectivity index (χ0n) is 16.0. The number of carbonyl (C=O) groups excluding carboxylic acids is 1. The number of nitrogens with zero attached hydrogens (tertiary/aromatic N) is 3. The quantitative estimate of drug-likeness (QED) is 0.661. The minimum atomic E-state index is -0.111. The van der Waals surface area contributed by atoms with Crippen molar-refractivity contribution in [3.05, 3.63) is 76.6 Å². The number of hydrogen-bond acceptors (Lipinski definition) is 5. The molecule has 144 valence electrons. The van der Waals surface area contributed by atoms with Crippen molar-refractivity contribution in [3.8, 4) is 0 Å². The summed E-state index contributed by atoms with van der Waals surface area (Å²) >= 11 is 1.49. The summed E-state index contributed by atoms with van der Waals surface area (Å²) in [6.45, 7) is 3.98. The molecule has 3 aromatic rings. The number of likely N-dealkylation sites (tertiary alicyclic amines) is 1. The minimum Gasteiger partial charge on any atom is -0.298 e. The van der Waals surface area contributed by atoms with Crippen LogP contribution in [0.25, 0.3) is 0 Å². The Bertz CT molecular complexity index is 923. The van der Waals surface area contributed by atoms with Crippen LogP contribution in [0.4, 0.5) is 5.13 Å². The number of thiazole rings is 1.